The van der Waals surface area contributed by atoms with Gasteiger partial charge in [0.25, 0.3) is 11.5 Å². The molecule has 0 saturated heterocycles. The number of anilines is 1. The van der Waals surface area contributed by atoms with Crippen molar-refractivity contribution in [1.29, 1.82) is 0 Å². The maximum atomic E-state index is 13.2. The number of nitrogens with one attached hydrogen (secondary N) is 1. The third-order valence-corrected chi connectivity index (χ3v) is 4.46. The van der Waals surface area contributed by atoms with Gasteiger partial charge in [-0.25, -0.2) is 9.07 Å². The highest BCUT2D eigenvalue weighted by Gasteiger charge is 2.18. The Kier molecular flexibility index (Phi) is 5.18. The molecule has 0 aliphatic heterocycles. The van der Waals surface area contributed by atoms with E-state index in [-0.39, 0.29) is 17.2 Å². The first-order valence-corrected chi connectivity index (χ1v) is 8.92. The molecule has 1 aromatic heterocycles. The molecule has 0 unspecified atom stereocenters. The fourth-order valence-corrected chi connectivity index (χ4v) is 3.09. The van der Waals surface area contributed by atoms with E-state index in [2.05, 4.69) is 26.3 Å². The molecule has 1 N–H and O–H groups in total. The molecule has 0 aliphatic rings. The zero-order valence-corrected chi connectivity index (χ0v) is 15.9. The first-order valence-electron chi connectivity index (χ1n) is 8.13. The van der Waals surface area contributed by atoms with Crippen molar-refractivity contribution in [2.75, 3.05) is 5.32 Å². The average molecular weight is 418 g/mol. The fourth-order valence-electron chi connectivity index (χ4n) is 2.64. The Morgan fingerprint density at radius 2 is 1.92 bits per heavy atom. The van der Waals surface area contributed by atoms with Crippen molar-refractivity contribution in [3.63, 3.8) is 0 Å². The van der Waals surface area contributed by atoms with Gasteiger partial charge in [0.15, 0.2) is 5.69 Å². The highest BCUT2D eigenvalue weighted by molar-refractivity contribution is 9.10. The van der Waals surface area contributed by atoms with Crippen LogP contribution in [-0.4, -0.2) is 15.7 Å². The minimum Gasteiger partial charge on any atom is -0.320 e. The number of nitrogens with zero attached hydrogens (tertiary/aromatic N) is 2. The molecule has 0 aliphatic carbocycles. The molecule has 7 heteroatoms. The third-order valence-electron chi connectivity index (χ3n) is 3.80. The topological polar surface area (TPSA) is 64.0 Å². The van der Waals surface area contributed by atoms with Crippen LogP contribution in [0.5, 0.6) is 0 Å². The van der Waals surface area contributed by atoms with Crippen LogP contribution < -0.4 is 10.9 Å². The van der Waals surface area contributed by atoms with Crippen molar-refractivity contribution in [3.8, 4) is 0 Å². The molecule has 134 valence electrons. The Hall–Kier alpha value is -2.54. The van der Waals surface area contributed by atoms with Crippen LogP contribution in [0.2, 0.25) is 0 Å². The Bertz CT molecular complexity index is 1050. The summed E-state index contributed by atoms with van der Waals surface area (Å²) in [5.74, 6) is -0.682. The molecule has 0 fully saturated rings. The Balaban J connectivity index is 2.09. The molecule has 3 aromatic rings. The molecule has 1 heterocycles. The van der Waals surface area contributed by atoms with Gasteiger partial charge in [0.1, 0.15) is 5.82 Å². The van der Waals surface area contributed by atoms with Crippen LogP contribution in [0.15, 0.2) is 51.7 Å². The maximum Gasteiger partial charge on any atom is 0.276 e. The summed E-state index contributed by atoms with van der Waals surface area (Å²) in [6.45, 7) is 4.35. The van der Waals surface area contributed by atoms with Gasteiger partial charge >= 0.3 is 0 Å². The summed E-state index contributed by atoms with van der Waals surface area (Å²) in [7, 11) is 0. The number of carbonyl (C=O) groups is 1. The zero-order chi connectivity index (χ0) is 18.8. The van der Waals surface area contributed by atoms with Crippen LogP contribution >= 0.6 is 15.9 Å². The summed E-state index contributed by atoms with van der Waals surface area (Å²) in [5, 5.41) is 7.92. The Morgan fingerprint density at radius 1 is 1.23 bits per heavy atom. The van der Waals surface area contributed by atoms with Gasteiger partial charge in [0.2, 0.25) is 0 Å². The van der Waals surface area contributed by atoms with E-state index in [4.69, 9.17) is 0 Å². The highest BCUT2D eigenvalue weighted by atomic mass is 79.9. The summed E-state index contributed by atoms with van der Waals surface area (Å²) in [6.07, 6.45) is 0. The molecular formula is C19H17BrFN3O2. The van der Waals surface area contributed by atoms with Crippen molar-refractivity contribution >= 4 is 38.3 Å². The fraction of sp³-hybridized carbons (Fsp3) is 0.211. The van der Waals surface area contributed by atoms with E-state index in [0.29, 0.717) is 27.5 Å². The lowest BCUT2D eigenvalue weighted by atomic mass is 10.1. The molecule has 3 rings (SSSR count). The number of benzene rings is 2. The average Bonchev–Trinajstić information content (AvgIpc) is 2.59. The van der Waals surface area contributed by atoms with E-state index >= 15 is 0 Å². The van der Waals surface area contributed by atoms with E-state index in [0.717, 1.165) is 0 Å². The van der Waals surface area contributed by atoms with Crippen LogP contribution in [0.25, 0.3) is 10.8 Å². The number of halogens is 2. The first-order chi connectivity index (χ1) is 12.4. The van der Waals surface area contributed by atoms with E-state index in [1.54, 1.807) is 24.3 Å². The standard InChI is InChI=1S/C19H17BrFN3O2/c1-11(2)10-24-19(26)14-6-4-3-5-13(14)17(23-24)18(25)22-16-8-7-12(21)9-15(16)20/h3-9,11H,10H2,1-2H3,(H,22,25). The van der Waals surface area contributed by atoms with Crippen LogP contribution in [-0.2, 0) is 6.54 Å². The number of rotatable bonds is 4. The number of fused-ring (bicyclic) bond motifs is 1. The SMILES string of the molecule is CC(C)Cn1nc(C(=O)Nc2ccc(F)cc2Br)c2ccccc2c1=O. The van der Waals surface area contributed by atoms with Crippen molar-refractivity contribution in [2.24, 2.45) is 5.92 Å². The maximum absolute atomic E-state index is 13.2. The predicted octanol–water partition coefficient (Wildman–Crippen LogP) is 4.21. The Morgan fingerprint density at radius 3 is 2.58 bits per heavy atom. The molecule has 0 saturated carbocycles. The summed E-state index contributed by atoms with van der Waals surface area (Å²) in [6, 6.07) is 10.9. The smallest absolute Gasteiger partial charge is 0.276 e. The third kappa shape index (κ3) is 3.67. The first kappa shape index (κ1) is 18.3. The molecule has 0 atom stereocenters. The van der Waals surface area contributed by atoms with Gasteiger partial charge in [-0.3, -0.25) is 9.59 Å². The second kappa shape index (κ2) is 7.37. The van der Waals surface area contributed by atoms with Gasteiger partial charge in [0.05, 0.1) is 11.1 Å². The van der Waals surface area contributed by atoms with Gasteiger partial charge in [0, 0.05) is 16.4 Å². The van der Waals surface area contributed by atoms with Gasteiger partial charge in [-0.2, -0.15) is 5.10 Å². The molecule has 26 heavy (non-hydrogen) atoms. The molecule has 0 spiro atoms. The molecule has 0 radical (unpaired) electrons. The monoisotopic (exact) mass is 417 g/mol. The van der Waals surface area contributed by atoms with Crippen molar-refractivity contribution in [1.82, 2.24) is 9.78 Å². The van der Waals surface area contributed by atoms with Crippen molar-refractivity contribution in [2.45, 2.75) is 20.4 Å². The lowest BCUT2D eigenvalue weighted by Crippen LogP contribution is -2.29. The van der Waals surface area contributed by atoms with Crippen molar-refractivity contribution in [3.05, 3.63) is 68.8 Å². The largest absolute Gasteiger partial charge is 0.320 e. The van der Waals surface area contributed by atoms with E-state index in [1.165, 1.54) is 22.9 Å². The van der Waals surface area contributed by atoms with Crippen LogP contribution in [0, 0.1) is 11.7 Å². The Labute approximate surface area is 158 Å². The number of hydrogen-bond donors (Lipinski definition) is 1. The quantitative estimate of drug-likeness (QED) is 0.691. The summed E-state index contributed by atoms with van der Waals surface area (Å²) >= 11 is 3.23. The number of carbonyl (C=O) groups excluding carboxylic acids is 1. The second-order valence-corrected chi connectivity index (χ2v) is 7.21. The van der Waals surface area contributed by atoms with Crippen LogP contribution in [0.4, 0.5) is 10.1 Å². The van der Waals surface area contributed by atoms with Crippen molar-refractivity contribution < 1.29 is 9.18 Å². The van der Waals surface area contributed by atoms with Crippen LogP contribution in [0.1, 0.15) is 24.3 Å². The van der Waals surface area contributed by atoms with Gasteiger partial charge in [-0.05, 0) is 46.1 Å². The summed E-state index contributed by atoms with van der Waals surface area (Å²) in [5.41, 5.74) is 0.342. The molecule has 2 aromatic carbocycles. The van der Waals surface area contributed by atoms with Crippen LogP contribution in [0.3, 0.4) is 0 Å². The second-order valence-electron chi connectivity index (χ2n) is 6.35. The lowest BCUT2D eigenvalue weighted by molar-refractivity contribution is 0.102. The normalized spacial score (nSPS) is 11.1. The van der Waals surface area contributed by atoms with Gasteiger partial charge in [-0.15, -0.1) is 0 Å². The molecule has 0 bridgehead atoms. The molecule has 1 amide bonds. The predicted molar refractivity (Wildman–Crippen MR) is 103 cm³/mol. The van der Waals surface area contributed by atoms with Gasteiger partial charge in [-0.1, -0.05) is 32.0 Å². The number of aromatic nitrogens is 2. The minimum absolute atomic E-state index is 0.150. The number of amides is 1. The molecular weight excluding hydrogens is 401 g/mol. The van der Waals surface area contributed by atoms with Gasteiger partial charge < -0.3 is 5.32 Å². The summed E-state index contributed by atoms with van der Waals surface area (Å²) < 4.78 is 15.0. The van der Waals surface area contributed by atoms with E-state index in [1.807, 2.05) is 13.8 Å². The van der Waals surface area contributed by atoms with E-state index < -0.39 is 11.7 Å². The zero-order valence-electron chi connectivity index (χ0n) is 14.3. The highest BCUT2D eigenvalue weighted by Crippen LogP contribution is 2.24. The van der Waals surface area contributed by atoms with E-state index in [9.17, 15) is 14.0 Å². The summed E-state index contributed by atoms with van der Waals surface area (Å²) in [4.78, 5) is 25.4. The molecule has 5 nitrogen and oxygen atoms in total. The lowest BCUT2D eigenvalue weighted by Gasteiger charge is -2.13. The number of hydrogen-bond acceptors (Lipinski definition) is 3. The minimum atomic E-state index is -0.467.